The number of rotatable bonds is 1. The normalized spacial score (nSPS) is 10.2. The van der Waals surface area contributed by atoms with Gasteiger partial charge in [-0.2, -0.15) is 0 Å². The third-order valence-corrected chi connectivity index (χ3v) is 3.17. The van der Waals surface area contributed by atoms with Crippen molar-refractivity contribution < 1.29 is 4.39 Å². The second-order valence-electron chi connectivity index (χ2n) is 2.46. The molecule has 2 aromatic rings. The van der Waals surface area contributed by atoms with Crippen LogP contribution in [0.25, 0.3) is 10.4 Å². The number of nitrogens with zero attached hydrogens (tertiary/aromatic N) is 1. The Bertz CT molecular complexity index is 414. The molecule has 2 heterocycles. The molecular weight excluding hydrogens is 252 g/mol. The number of thiophene rings is 1. The summed E-state index contributed by atoms with van der Waals surface area (Å²) in [7, 11) is 0. The summed E-state index contributed by atoms with van der Waals surface area (Å²) in [6.07, 6.45) is 0. The molecule has 0 saturated heterocycles. The van der Waals surface area contributed by atoms with Crippen LogP contribution in [-0.4, -0.2) is 21.0 Å². The van der Waals surface area contributed by atoms with E-state index in [4.69, 9.17) is 0 Å². The third-order valence-electron chi connectivity index (χ3n) is 1.61. The van der Waals surface area contributed by atoms with Gasteiger partial charge in [0.05, 0.1) is 0 Å². The molecule has 0 aliphatic heterocycles. The minimum absolute atomic E-state index is 0.450. The van der Waals surface area contributed by atoms with E-state index in [1.54, 1.807) is 17.4 Å². The first-order valence-corrected chi connectivity index (χ1v) is 5.38. The van der Waals surface area contributed by atoms with E-state index in [9.17, 15) is 4.39 Å². The zero-order valence-electron chi connectivity index (χ0n) is 6.53. The summed E-state index contributed by atoms with van der Waals surface area (Å²) in [5.41, 5.74) is 0.955. The maximum absolute atomic E-state index is 12.7. The summed E-state index contributed by atoms with van der Waals surface area (Å²) in [6.45, 7) is 0. The van der Waals surface area contributed by atoms with E-state index in [0.29, 0.717) is 4.59 Å². The van der Waals surface area contributed by atoms with Crippen molar-refractivity contribution in [3.8, 4) is 10.4 Å². The standard InChI is InChI=1S/C9H5FNSSe/c10-8-4-3-6(9(13)11-8)7-2-1-5-12-7/h1-5H. The molecule has 0 atom stereocenters. The molecule has 0 bridgehead atoms. The van der Waals surface area contributed by atoms with Crippen LogP contribution >= 0.6 is 11.3 Å². The van der Waals surface area contributed by atoms with Crippen molar-refractivity contribution >= 4 is 31.9 Å². The van der Waals surface area contributed by atoms with Gasteiger partial charge in [-0.15, -0.1) is 0 Å². The van der Waals surface area contributed by atoms with Crippen LogP contribution in [0.3, 0.4) is 0 Å². The molecule has 0 aliphatic rings. The van der Waals surface area contributed by atoms with E-state index in [0.717, 1.165) is 10.4 Å². The molecule has 0 fully saturated rings. The quantitative estimate of drug-likeness (QED) is 0.560. The molecule has 2 aromatic heterocycles. The molecule has 65 valence electrons. The van der Waals surface area contributed by atoms with Gasteiger partial charge in [0.15, 0.2) is 0 Å². The average Bonchev–Trinajstić information content (AvgIpc) is 2.56. The van der Waals surface area contributed by atoms with Crippen molar-refractivity contribution in [3.05, 3.63) is 35.6 Å². The first kappa shape index (κ1) is 8.88. The zero-order chi connectivity index (χ0) is 9.26. The van der Waals surface area contributed by atoms with Gasteiger partial charge in [0.25, 0.3) is 0 Å². The molecule has 1 nitrogen and oxygen atoms in total. The number of halogens is 1. The molecule has 0 amide bonds. The molecule has 0 aromatic carbocycles. The summed E-state index contributed by atoms with van der Waals surface area (Å²) in [4.78, 5) is 4.81. The number of hydrogen-bond donors (Lipinski definition) is 0. The molecule has 13 heavy (non-hydrogen) atoms. The van der Waals surface area contributed by atoms with E-state index in [-0.39, 0.29) is 0 Å². The molecule has 0 aliphatic carbocycles. The van der Waals surface area contributed by atoms with Crippen molar-refractivity contribution in [2.45, 2.75) is 0 Å². The fourth-order valence-corrected chi connectivity index (χ4v) is 2.49. The van der Waals surface area contributed by atoms with Crippen LogP contribution in [0.5, 0.6) is 0 Å². The van der Waals surface area contributed by atoms with Crippen molar-refractivity contribution in [1.29, 1.82) is 0 Å². The zero-order valence-corrected chi connectivity index (χ0v) is 9.06. The molecule has 1 radical (unpaired) electrons. The van der Waals surface area contributed by atoms with Crippen LogP contribution < -0.4 is 4.59 Å². The van der Waals surface area contributed by atoms with Crippen molar-refractivity contribution in [3.63, 3.8) is 0 Å². The SMILES string of the molecule is Fc1ccc(-c2cccs2)c([Se])n1. The fourth-order valence-electron chi connectivity index (χ4n) is 1.04. The van der Waals surface area contributed by atoms with Gasteiger partial charge in [-0.05, 0) is 0 Å². The van der Waals surface area contributed by atoms with Gasteiger partial charge in [0.1, 0.15) is 0 Å². The van der Waals surface area contributed by atoms with Crippen molar-refractivity contribution in [2.75, 3.05) is 0 Å². The minimum atomic E-state index is -0.450. The summed E-state index contributed by atoms with van der Waals surface area (Å²) >= 11 is 4.37. The first-order chi connectivity index (χ1) is 6.27. The van der Waals surface area contributed by atoms with Gasteiger partial charge >= 0.3 is 87.4 Å². The monoisotopic (exact) mass is 258 g/mol. The summed E-state index contributed by atoms with van der Waals surface area (Å²) in [5.74, 6) is -0.450. The number of hydrogen-bond acceptors (Lipinski definition) is 2. The van der Waals surface area contributed by atoms with E-state index in [1.807, 2.05) is 17.5 Å². The van der Waals surface area contributed by atoms with Crippen LogP contribution in [0.1, 0.15) is 0 Å². The van der Waals surface area contributed by atoms with Crippen LogP contribution in [0.4, 0.5) is 4.39 Å². The Morgan fingerprint density at radius 2 is 2.15 bits per heavy atom. The summed E-state index contributed by atoms with van der Waals surface area (Å²) in [6, 6.07) is 7.05. The molecule has 0 saturated carbocycles. The van der Waals surface area contributed by atoms with Crippen molar-refractivity contribution in [1.82, 2.24) is 4.98 Å². The van der Waals surface area contributed by atoms with Gasteiger partial charge in [-0.1, -0.05) is 0 Å². The molecule has 0 unspecified atom stereocenters. The molecular formula is C9H5FNSSe. The second kappa shape index (κ2) is 3.58. The first-order valence-electron chi connectivity index (χ1n) is 3.65. The predicted molar refractivity (Wildman–Crippen MR) is 52.9 cm³/mol. The molecule has 0 N–H and O–H groups in total. The van der Waals surface area contributed by atoms with Crippen LogP contribution in [0, 0.1) is 5.95 Å². The van der Waals surface area contributed by atoms with Crippen molar-refractivity contribution in [2.24, 2.45) is 0 Å². The van der Waals surface area contributed by atoms with Gasteiger partial charge in [-0.3, -0.25) is 0 Å². The maximum atomic E-state index is 12.7. The second-order valence-corrected chi connectivity index (χ2v) is 4.22. The van der Waals surface area contributed by atoms with Gasteiger partial charge in [0, 0.05) is 0 Å². The Hall–Kier alpha value is -0.701. The third kappa shape index (κ3) is 1.80. The van der Waals surface area contributed by atoms with Gasteiger partial charge in [-0.25, -0.2) is 0 Å². The Morgan fingerprint density at radius 3 is 2.77 bits per heavy atom. The summed E-state index contributed by atoms with van der Waals surface area (Å²) < 4.78 is 13.3. The molecule has 4 heteroatoms. The van der Waals surface area contributed by atoms with E-state index < -0.39 is 5.95 Å². The Kier molecular flexibility index (Phi) is 2.44. The summed E-state index contributed by atoms with van der Waals surface area (Å²) in [5, 5.41) is 1.98. The number of pyridine rings is 1. The topological polar surface area (TPSA) is 12.9 Å². The molecule has 0 spiro atoms. The predicted octanol–water partition coefficient (Wildman–Crippen LogP) is 1.74. The van der Waals surface area contributed by atoms with Crippen LogP contribution in [0.15, 0.2) is 29.6 Å². The Morgan fingerprint density at radius 1 is 1.31 bits per heavy atom. The van der Waals surface area contributed by atoms with E-state index in [1.165, 1.54) is 6.07 Å². The van der Waals surface area contributed by atoms with Crippen LogP contribution in [-0.2, 0) is 0 Å². The van der Waals surface area contributed by atoms with E-state index in [2.05, 4.69) is 21.0 Å². The average molecular weight is 257 g/mol. The fraction of sp³-hybridized carbons (Fsp3) is 0. The number of aromatic nitrogens is 1. The van der Waals surface area contributed by atoms with Crippen LogP contribution in [0.2, 0.25) is 0 Å². The van der Waals surface area contributed by atoms with E-state index >= 15 is 0 Å². The van der Waals surface area contributed by atoms with Gasteiger partial charge in [0.2, 0.25) is 0 Å². The van der Waals surface area contributed by atoms with Gasteiger partial charge < -0.3 is 0 Å². The molecule has 2 rings (SSSR count). The Labute approximate surface area is 87.4 Å². The Balaban J connectivity index is 2.53.